The Morgan fingerprint density at radius 3 is 2.59 bits per heavy atom. The second-order valence-electron chi connectivity index (χ2n) is 9.70. The summed E-state index contributed by atoms with van der Waals surface area (Å²) >= 11 is 0. The molecule has 1 atom stereocenters. The van der Waals surface area contributed by atoms with E-state index in [1.165, 1.54) is 0 Å². The first-order chi connectivity index (χ1) is 15.3. The molecule has 8 heteroatoms. The van der Waals surface area contributed by atoms with Crippen molar-refractivity contribution < 1.29 is 14.4 Å². The number of carbonyl (C=O) groups excluding carboxylic acids is 3. The Balaban J connectivity index is 1.49. The first-order valence-electron chi connectivity index (χ1n) is 12.1. The van der Waals surface area contributed by atoms with Gasteiger partial charge in [-0.25, -0.2) is 9.97 Å². The van der Waals surface area contributed by atoms with Gasteiger partial charge in [0, 0.05) is 56.7 Å². The van der Waals surface area contributed by atoms with Crippen LogP contribution >= 0.6 is 0 Å². The molecular weight excluding hydrogens is 406 g/mol. The van der Waals surface area contributed by atoms with Crippen molar-refractivity contribution in [2.75, 3.05) is 31.1 Å². The van der Waals surface area contributed by atoms with E-state index in [0.29, 0.717) is 63.5 Å². The molecule has 0 aromatic carbocycles. The van der Waals surface area contributed by atoms with Crippen molar-refractivity contribution in [2.45, 2.75) is 78.2 Å². The Kier molecular flexibility index (Phi) is 6.76. The topological polar surface area (TPSA) is 86.7 Å². The third-order valence-electron chi connectivity index (χ3n) is 6.76. The lowest BCUT2D eigenvalue weighted by Gasteiger charge is -2.32. The molecule has 0 unspecified atom stereocenters. The predicted molar refractivity (Wildman–Crippen MR) is 121 cm³/mol. The van der Waals surface area contributed by atoms with Crippen LogP contribution in [0.2, 0.25) is 0 Å². The Hall–Kier alpha value is -2.51. The second kappa shape index (κ2) is 9.55. The summed E-state index contributed by atoms with van der Waals surface area (Å²) in [5.74, 6) is 2.17. The minimum absolute atomic E-state index is 0.105. The maximum Gasteiger partial charge on any atom is 0.228 e. The van der Waals surface area contributed by atoms with Gasteiger partial charge in [-0.2, -0.15) is 0 Å². The van der Waals surface area contributed by atoms with Crippen molar-refractivity contribution in [2.24, 2.45) is 5.92 Å². The molecule has 3 amide bonds. The molecule has 3 aliphatic heterocycles. The van der Waals surface area contributed by atoms with Crippen LogP contribution < -0.4 is 4.90 Å². The summed E-state index contributed by atoms with van der Waals surface area (Å²) in [5, 5.41) is 0. The molecular formula is C24H35N5O3. The Morgan fingerprint density at radius 2 is 1.88 bits per heavy atom. The second-order valence-corrected chi connectivity index (χ2v) is 9.70. The Labute approximate surface area is 190 Å². The predicted octanol–water partition coefficient (Wildman–Crippen LogP) is 2.79. The van der Waals surface area contributed by atoms with Crippen LogP contribution in [-0.2, 0) is 20.8 Å². The van der Waals surface area contributed by atoms with E-state index in [9.17, 15) is 14.4 Å². The van der Waals surface area contributed by atoms with Gasteiger partial charge in [0.2, 0.25) is 17.7 Å². The quantitative estimate of drug-likeness (QED) is 0.649. The van der Waals surface area contributed by atoms with Crippen molar-refractivity contribution in [1.82, 2.24) is 19.8 Å². The van der Waals surface area contributed by atoms with Gasteiger partial charge >= 0.3 is 0 Å². The van der Waals surface area contributed by atoms with Gasteiger partial charge in [0.05, 0.1) is 6.04 Å². The van der Waals surface area contributed by atoms with Crippen LogP contribution in [0.25, 0.3) is 0 Å². The fourth-order valence-corrected chi connectivity index (χ4v) is 5.14. The number of aromatic nitrogens is 2. The highest BCUT2D eigenvalue weighted by atomic mass is 16.2. The summed E-state index contributed by atoms with van der Waals surface area (Å²) in [6.45, 7) is 9.01. The minimum atomic E-state index is -0.141. The fourth-order valence-electron chi connectivity index (χ4n) is 5.14. The van der Waals surface area contributed by atoms with Crippen LogP contribution in [0.4, 0.5) is 5.82 Å². The van der Waals surface area contributed by atoms with Gasteiger partial charge in [0.15, 0.2) is 5.82 Å². The van der Waals surface area contributed by atoms with Crippen molar-refractivity contribution in [3.8, 4) is 0 Å². The molecule has 32 heavy (non-hydrogen) atoms. The fraction of sp³-hybridized carbons (Fsp3) is 0.708. The van der Waals surface area contributed by atoms with Crippen LogP contribution in [-0.4, -0.2) is 63.7 Å². The van der Waals surface area contributed by atoms with Gasteiger partial charge in [-0.1, -0.05) is 13.8 Å². The molecule has 174 valence electrons. The average Bonchev–Trinajstić information content (AvgIpc) is 3.39. The first-order valence-corrected chi connectivity index (χ1v) is 12.1. The van der Waals surface area contributed by atoms with Crippen LogP contribution in [0.1, 0.15) is 81.9 Å². The lowest BCUT2D eigenvalue weighted by molar-refractivity contribution is -0.133. The molecule has 0 bridgehead atoms. The molecule has 0 spiro atoms. The van der Waals surface area contributed by atoms with Crippen molar-refractivity contribution in [3.63, 3.8) is 0 Å². The first kappa shape index (κ1) is 22.7. The molecule has 2 saturated heterocycles. The summed E-state index contributed by atoms with van der Waals surface area (Å²) < 4.78 is 0. The third kappa shape index (κ3) is 4.64. The molecule has 3 aliphatic rings. The number of hydrogen-bond donors (Lipinski definition) is 0. The third-order valence-corrected chi connectivity index (χ3v) is 6.76. The zero-order valence-electron chi connectivity index (χ0n) is 19.6. The van der Waals surface area contributed by atoms with E-state index in [4.69, 9.17) is 9.97 Å². The number of amides is 3. The number of anilines is 1. The van der Waals surface area contributed by atoms with Crippen LogP contribution in [0.3, 0.4) is 0 Å². The number of nitrogens with zero attached hydrogens (tertiary/aromatic N) is 5. The number of rotatable bonds is 7. The minimum Gasteiger partial charge on any atom is -0.343 e. The van der Waals surface area contributed by atoms with Crippen molar-refractivity contribution in [1.29, 1.82) is 0 Å². The number of carbonyl (C=O) groups is 3. The molecule has 2 fully saturated rings. The van der Waals surface area contributed by atoms with Crippen molar-refractivity contribution >= 4 is 23.5 Å². The number of aryl methyl sites for hydroxylation is 1. The van der Waals surface area contributed by atoms with E-state index in [1.54, 1.807) is 0 Å². The highest BCUT2D eigenvalue weighted by Crippen LogP contribution is 2.35. The van der Waals surface area contributed by atoms with Crippen LogP contribution in [0.5, 0.6) is 0 Å². The van der Waals surface area contributed by atoms with E-state index in [0.717, 1.165) is 42.9 Å². The van der Waals surface area contributed by atoms with E-state index in [-0.39, 0.29) is 23.8 Å². The zero-order valence-corrected chi connectivity index (χ0v) is 19.6. The van der Waals surface area contributed by atoms with Gasteiger partial charge in [-0.3, -0.25) is 19.3 Å². The smallest absolute Gasteiger partial charge is 0.228 e. The molecule has 0 radical (unpaired) electrons. The van der Waals surface area contributed by atoms with Gasteiger partial charge in [0.25, 0.3) is 0 Å². The summed E-state index contributed by atoms with van der Waals surface area (Å²) in [6, 6.07) is -0.141. The Morgan fingerprint density at radius 1 is 1.06 bits per heavy atom. The van der Waals surface area contributed by atoms with E-state index in [2.05, 4.69) is 13.8 Å². The van der Waals surface area contributed by atoms with Crippen LogP contribution in [0.15, 0.2) is 0 Å². The highest BCUT2D eigenvalue weighted by molar-refractivity contribution is 5.95. The summed E-state index contributed by atoms with van der Waals surface area (Å²) in [6.07, 6.45) is 5.62. The molecule has 0 N–H and O–H groups in total. The van der Waals surface area contributed by atoms with E-state index >= 15 is 0 Å². The molecule has 1 aromatic rings. The maximum atomic E-state index is 13.0. The van der Waals surface area contributed by atoms with Gasteiger partial charge in [-0.15, -0.1) is 0 Å². The van der Waals surface area contributed by atoms with E-state index in [1.807, 2.05) is 21.6 Å². The average molecular weight is 442 g/mol. The zero-order chi connectivity index (χ0) is 22.8. The number of fused-ring (bicyclic) bond motifs is 1. The van der Waals surface area contributed by atoms with Gasteiger partial charge < -0.3 is 9.80 Å². The molecule has 0 aliphatic carbocycles. The lowest BCUT2D eigenvalue weighted by atomic mass is 10.0. The maximum absolute atomic E-state index is 13.0. The largest absolute Gasteiger partial charge is 0.343 e. The summed E-state index contributed by atoms with van der Waals surface area (Å²) in [5.41, 5.74) is 1.97. The van der Waals surface area contributed by atoms with Gasteiger partial charge in [0.1, 0.15) is 5.82 Å². The Bertz CT molecular complexity index is 900. The number of hydrogen-bond acceptors (Lipinski definition) is 5. The molecule has 0 saturated carbocycles. The lowest BCUT2D eigenvalue weighted by Crippen LogP contribution is -2.40. The molecule has 1 aromatic heterocycles. The highest BCUT2D eigenvalue weighted by Gasteiger charge is 2.35. The molecule has 8 nitrogen and oxygen atoms in total. The summed E-state index contributed by atoms with van der Waals surface area (Å²) in [4.78, 5) is 52.7. The standard InChI is InChI=1S/C24H35N5O3/c1-16(2)15-29-22(32)11-10-18-17(3)25-23(26-24(18)29)19-7-4-14-28(19)21(31)9-6-13-27-12-5-8-20(27)30/h16,19H,4-15H2,1-3H3/t19-/m1/s1. The van der Waals surface area contributed by atoms with Crippen molar-refractivity contribution in [3.05, 3.63) is 17.1 Å². The summed E-state index contributed by atoms with van der Waals surface area (Å²) in [7, 11) is 0. The van der Waals surface area contributed by atoms with Gasteiger partial charge in [-0.05, 0) is 44.9 Å². The van der Waals surface area contributed by atoms with Crippen LogP contribution in [0, 0.1) is 12.8 Å². The molecule has 4 rings (SSSR count). The normalized spacial score (nSPS) is 21.1. The SMILES string of the molecule is Cc1nc([C@H]2CCCN2C(=O)CCCN2CCCC2=O)nc2c1CCC(=O)N2CC(C)C. The van der Waals surface area contributed by atoms with E-state index < -0.39 is 0 Å². The monoisotopic (exact) mass is 441 g/mol. The number of likely N-dealkylation sites (tertiary alicyclic amines) is 2. The molecule has 4 heterocycles.